The van der Waals surface area contributed by atoms with Gasteiger partial charge in [0.1, 0.15) is 5.69 Å². The van der Waals surface area contributed by atoms with Gasteiger partial charge in [-0.05, 0) is 49.3 Å². The van der Waals surface area contributed by atoms with Gasteiger partial charge in [-0.2, -0.15) is 5.26 Å². The van der Waals surface area contributed by atoms with Crippen molar-refractivity contribution in [1.82, 2.24) is 20.3 Å². The van der Waals surface area contributed by atoms with Gasteiger partial charge in [-0.1, -0.05) is 17.3 Å². The molecule has 0 spiro atoms. The number of nitriles is 1. The van der Waals surface area contributed by atoms with Crippen LogP contribution in [0.5, 0.6) is 0 Å². The molecule has 146 valence electrons. The number of nitrogens with one attached hydrogen (secondary N) is 1. The molecule has 0 unspecified atom stereocenters. The molecule has 1 N–H and O–H groups in total. The Kier molecular flexibility index (Phi) is 5.51. The van der Waals surface area contributed by atoms with Crippen LogP contribution >= 0.6 is 0 Å². The highest BCUT2D eigenvalue weighted by molar-refractivity contribution is 5.85. The Morgan fingerprint density at radius 2 is 2.21 bits per heavy atom. The molecule has 28 heavy (non-hydrogen) atoms. The van der Waals surface area contributed by atoms with E-state index in [1.54, 1.807) is 11.8 Å². The van der Waals surface area contributed by atoms with Crippen LogP contribution in [-0.2, 0) is 22.6 Å². The average molecular weight is 379 g/mol. The van der Waals surface area contributed by atoms with E-state index in [-0.39, 0.29) is 17.7 Å². The first-order chi connectivity index (χ1) is 13.7. The molecule has 7 nitrogen and oxygen atoms in total. The van der Waals surface area contributed by atoms with Crippen molar-refractivity contribution >= 4 is 5.78 Å². The number of rotatable bonds is 8. The summed E-state index contributed by atoms with van der Waals surface area (Å²) in [6.45, 7) is 0.424. The number of aromatic nitrogens is 3. The molecule has 1 aliphatic heterocycles. The number of fused-ring (bicyclic) bond motifs is 2. The smallest absolute Gasteiger partial charge is 0.151 e. The molecular formula is C21H25N5O2. The monoisotopic (exact) mass is 379 g/mol. The lowest BCUT2D eigenvalue weighted by molar-refractivity contribution is -0.122. The summed E-state index contributed by atoms with van der Waals surface area (Å²) in [5.74, 6) is 0.379. The van der Waals surface area contributed by atoms with Crippen molar-refractivity contribution in [2.45, 2.75) is 50.8 Å². The number of nitrogens with zero attached hydrogens (tertiary/aromatic N) is 4. The second kappa shape index (κ2) is 8.21. The fourth-order valence-electron chi connectivity index (χ4n) is 4.46. The summed E-state index contributed by atoms with van der Waals surface area (Å²) in [5.41, 5.74) is 2.71. The summed E-state index contributed by atoms with van der Waals surface area (Å²) in [4.78, 5) is 12.6. The number of ether oxygens (including phenoxy) is 1. The molecule has 2 fully saturated rings. The van der Waals surface area contributed by atoms with Crippen molar-refractivity contribution in [3.8, 4) is 11.8 Å². The Bertz CT molecular complexity index is 870. The van der Waals surface area contributed by atoms with E-state index in [1.807, 2.05) is 30.5 Å². The molecule has 1 aromatic carbocycles. The van der Waals surface area contributed by atoms with Crippen LogP contribution < -0.4 is 5.32 Å². The molecule has 0 amide bonds. The standard InChI is InChI=1S/C21H25N5O2/c1-28-13-18-12-26(25-24-18)19-6-2-14(3-7-19)8-15(11-22)9-20(27)21-16-4-5-17(10-16)23-21/h2-3,6-7,12,15-17,21,23H,4-5,8-10,13H2,1H3/t15-,16+,17-,21+/m1/s1. The second-order valence-electron chi connectivity index (χ2n) is 7.87. The van der Waals surface area contributed by atoms with Crippen molar-refractivity contribution < 1.29 is 9.53 Å². The zero-order chi connectivity index (χ0) is 19.5. The number of carbonyl (C=O) groups excluding carboxylic acids is 1. The minimum absolute atomic E-state index is 0.0365. The van der Waals surface area contributed by atoms with Gasteiger partial charge >= 0.3 is 0 Å². The summed E-state index contributed by atoms with van der Waals surface area (Å²) in [5, 5.41) is 21.1. The van der Waals surface area contributed by atoms with Crippen molar-refractivity contribution in [1.29, 1.82) is 5.26 Å². The molecule has 2 bridgehead atoms. The highest BCUT2D eigenvalue weighted by Gasteiger charge is 2.42. The fourth-order valence-corrected chi connectivity index (χ4v) is 4.46. The lowest BCUT2D eigenvalue weighted by Crippen LogP contribution is -2.42. The normalized spacial score (nSPS) is 24.2. The van der Waals surface area contributed by atoms with Crippen LogP contribution in [0.15, 0.2) is 30.5 Å². The lowest BCUT2D eigenvalue weighted by Gasteiger charge is -2.22. The van der Waals surface area contributed by atoms with E-state index in [0.717, 1.165) is 29.8 Å². The van der Waals surface area contributed by atoms with Crippen LogP contribution in [0.25, 0.3) is 5.69 Å². The maximum Gasteiger partial charge on any atom is 0.151 e. The van der Waals surface area contributed by atoms with Crippen LogP contribution in [0, 0.1) is 23.2 Å². The summed E-state index contributed by atoms with van der Waals surface area (Å²) in [6.07, 6.45) is 6.17. The molecule has 0 radical (unpaired) electrons. The Hall–Kier alpha value is -2.56. The first-order valence-corrected chi connectivity index (χ1v) is 9.84. The topological polar surface area (TPSA) is 92.8 Å². The highest BCUT2D eigenvalue weighted by Crippen LogP contribution is 2.36. The fraction of sp³-hybridized carbons (Fsp3) is 0.524. The molecular weight excluding hydrogens is 354 g/mol. The van der Waals surface area contributed by atoms with Gasteiger partial charge in [-0.3, -0.25) is 4.79 Å². The lowest BCUT2D eigenvalue weighted by atomic mass is 9.88. The minimum atomic E-state index is -0.293. The summed E-state index contributed by atoms with van der Waals surface area (Å²) >= 11 is 0. The molecule has 7 heteroatoms. The largest absolute Gasteiger partial charge is 0.378 e. The van der Waals surface area contributed by atoms with Gasteiger partial charge in [0.2, 0.25) is 0 Å². The Morgan fingerprint density at radius 1 is 1.39 bits per heavy atom. The van der Waals surface area contributed by atoms with Crippen molar-refractivity contribution in [2.75, 3.05) is 7.11 Å². The van der Waals surface area contributed by atoms with Gasteiger partial charge in [-0.25, -0.2) is 4.68 Å². The molecule has 2 aromatic rings. The second-order valence-corrected chi connectivity index (χ2v) is 7.87. The SMILES string of the molecule is COCc1cn(-c2ccc(C[C@@H](C#N)CC(=O)[C@H]3N[C@@H]4CC[C@H]3C4)cc2)nn1. The quantitative estimate of drug-likeness (QED) is 0.756. The first kappa shape index (κ1) is 18.8. The van der Waals surface area contributed by atoms with E-state index >= 15 is 0 Å². The number of hydrogen-bond donors (Lipinski definition) is 1. The van der Waals surface area contributed by atoms with Gasteiger partial charge in [0.25, 0.3) is 0 Å². The van der Waals surface area contributed by atoms with E-state index in [9.17, 15) is 10.1 Å². The van der Waals surface area contributed by atoms with Crippen LogP contribution in [0.4, 0.5) is 0 Å². The van der Waals surface area contributed by atoms with Crippen molar-refractivity contribution in [3.05, 3.63) is 41.7 Å². The molecule has 4 atom stereocenters. The molecule has 1 aliphatic carbocycles. The van der Waals surface area contributed by atoms with E-state index in [4.69, 9.17) is 4.74 Å². The number of carbonyl (C=O) groups is 1. The number of piperidine rings is 1. The van der Waals surface area contributed by atoms with Crippen LogP contribution in [0.2, 0.25) is 0 Å². The third kappa shape index (κ3) is 3.98. The molecule has 1 saturated carbocycles. The predicted molar refractivity (Wildman–Crippen MR) is 103 cm³/mol. The molecule has 1 aromatic heterocycles. The third-order valence-electron chi connectivity index (χ3n) is 5.85. The third-order valence-corrected chi connectivity index (χ3v) is 5.85. The molecule has 2 heterocycles. The highest BCUT2D eigenvalue weighted by atomic mass is 16.5. The zero-order valence-corrected chi connectivity index (χ0v) is 16.0. The Labute approximate surface area is 164 Å². The molecule has 1 saturated heterocycles. The van der Waals surface area contributed by atoms with Crippen molar-refractivity contribution in [2.24, 2.45) is 11.8 Å². The van der Waals surface area contributed by atoms with Crippen molar-refractivity contribution in [3.63, 3.8) is 0 Å². The number of Topliss-reactive ketones (excluding diaryl/α,β-unsaturated/α-hetero) is 1. The molecule has 4 rings (SSSR count). The van der Waals surface area contributed by atoms with Gasteiger partial charge in [0, 0.05) is 19.6 Å². The van der Waals surface area contributed by atoms with Gasteiger partial charge in [0.15, 0.2) is 5.78 Å². The maximum atomic E-state index is 12.6. The Balaban J connectivity index is 1.35. The van der Waals surface area contributed by atoms with E-state index < -0.39 is 0 Å². The van der Waals surface area contributed by atoms with Gasteiger partial charge in [0.05, 0.1) is 36.5 Å². The zero-order valence-electron chi connectivity index (χ0n) is 16.0. The average Bonchev–Trinajstić information content (AvgIpc) is 3.45. The van der Waals surface area contributed by atoms with Crippen LogP contribution in [0.1, 0.15) is 36.9 Å². The predicted octanol–water partition coefficient (Wildman–Crippen LogP) is 2.20. The van der Waals surface area contributed by atoms with Crippen LogP contribution in [-0.4, -0.2) is 40.0 Å². The van der Waals surface area contributed by atoms with Gasteiger partial charge in [-0.15, -0.1) is 5.10 Å². The van der Waals surface area contributed by atoms with Gasteiger partial charge < -0.3 is 10.1 Å². The number of ketones is 1. The Morgan fingerprint density at radius 3 is 2.86 bits per heavy atom. The first-order valence-electron chi connectivity index (χ1n) is 9.84. The molecule has 2 aliphatic rings. The number of methoxy groups -OCH3 is 1. The number of benzene rings is 1. The summed E-state index contributed by atoms with van der Waals surface area (Å²) < 4.78 is 6.76. The van der Waals surface area contributed by atoms with E-state index in [2.05, 4.69) is 21.7 Å². The van der Waals surface area contributed by atoms with E-state index in [1.165, 1.54) is 6.42 Å². The maximum absolute atomic E-state index is 12.6. The van der Waals surface area contributed by atoms with Crippen LogP contribution in [0.3, 0.4) is 0 Å². The summed E-state index contributed by atoms with van der Waals surface area (Å²) in [6, 6.07) is 10.7. The number of hydrogen-bond acceptors (Lipinski definition) is 6. The van der Waals surface area contributed by atoms with E-state index in [0.29, 0.717) is 31.4 Å². The minimum Gasteiger partial charge on any atom is -0.378 e. The summed E-state index contributed by atoms with van der Waals surface area (Å²) in [7, 11) is 1.62.